The van der Waals surface area contributed by atoms with Crippen molar-refractivity contribution in [2.75, 3.05) is 13.1 Å². The number of ketones is 1. The fourth-order valence-electron chi connectivity index (χ4n) is 4.56. The lowest BCUT2D eigenvalue weighted by molar-refractivity contribution is -0.113. The predicted molar refractivity (Wildman–Crippen MR) is 154 cm³/mol. The van der Waals surface area contributed by atoms with Gasteiger partial charge in [0.15, 0.2) is 11.0 Å². The Morgan fingerprint density at radius 2 is 1.46 bits per heavy atom. The highest BCUT2D eigenvalue weighted by atomic mass is 35.5. The number of hydrogen-bond acceptors (Lipinski definition) is 4. The highest BCUT2D eigenvalue weighted by molar-refractivity contribution is 8.18. The molecule has 2 heterocycles. The van der Waals surface area contributed by atoms with Gasteiger partial charge < -0.3 is 4.90 Å². The predicted octanol–water partition coefficient (Wildman–Crippen LogP) is 7.52. The van der Waals surface area contributed by atoms with Crippen LogP contribution in [0.2, 0.25) is 5.02 Å². The number of hydrogen-bond donors (Lipinski definition) is 0. The lowest BCUT2D eigenvalue weighted by Crippen LogP contribution is -2.33. The Bertz CT molecular complexity index is 1370. The van der Waals surface area contributed by atoms with Crippen molar-refractivity contribution in [3.8, 4) is 0 Å². The second kappa shape index (κ2) is 11.8. The van der Waals surface area contributed by atoms with E-state index in [9.17, 15) is 9.59 Å². The number of amidine groups is 1. The number of halogens is 1. The second-order valence-electron chi connectivity index (χ2n) is 9.10. The Kier molecular flexibility index (Phi) is 8.02. The van der Waals surface area contributed by atoms with E-state index in [0.717, 1.165) is 53.4 Å². The number of rotatable bonds is 6. The molecule has 186 valence electrons. The van der Waals surface area contributed by atoms with Crippen LogP contribution in [0.25, 0.3) is 11.1 Å². The van der Waals surface area contributed by atoms with Gasteiger partial charge in [0, 0.05) is 35.7 Å². The van der Waals surface area contributed by atoms with Crippen LogP contribution in [0.3, 0.4) is 0 Å². The van der Waals surface area contributed by atoms with Gasteiger partial charge in [0.2, 0.25) is 0 Å². The molecule has 5 rings (SSSR count). The molecule has 1 saturated heterocycles. The normalized spacial score (nSPS) is 17.5. The standard InChI is InChI=1S/C31H27ClN2O2S/c32-26-16-14-22(15-17-26)25(21-28(35)24-12-6-2-7-13-24)20-27(23-10-4-1-5-11-23)29-30(36)33-31(37-29)34-18-8-3-9-19-34/h1-2,4-7,10-17,20H,3,8-9,18-19,21H2. The van der Waals surface area contributed by atoms with Crippen LogP contribution < -0.4 is 0 Å². The van der Waals surface area contributed by atoms with Gasteiger partial charge in [0.25, 0.3) is 5.91 Å². The first-order valence-corrected chi connectivity index (χ1v) is 13.7. The Balaban J connectivity index is 1.59. The van der Waals surface area contributed by atoms with Crippen molar-refractivity contribution in [3.05, 3.63) is 118 Å². The maximum absolute atomic E-state index is 13.3. The minimum Gasteiger partial charge on any atom is -0.351 e. The third kappa shape index (κ3) is 6.12. The number of likely N-dealkylation sites (tertiary alicyclic amines) is 1. The average Bonchev–Trinajstić information content (AvgIpc) is 3.34. The van der Waals surface area contributed by atoms with E-state index in [1.807, 2.05) is 91.0 Å². The summed E-state index contributed by atoms with van der Waals surface area (Å²) in [7, 11) is 0. The van der Waals surface area contributed by atoms with Crippen LogP contribution in [0.4, 0.5) is 0 Å². The molecule has 6 heteroatoms. The highest BCUT2D eigenvalue weighted by Crippen LogP contribution is 2.38. The third-order valence-corrected chi connectivity index (χ3v) is 7.90. The maximum atomic E-state index is 13.3. The molecule has 1 fully saturated rings. The van der Waals surface area contributed by atoms with Crippen molar-refractivity contribution in [2.24, 2.45) is 4.99 Å². The van der Waals surface area contributed by atoms with Crippen molar-refractivity contribution < 1.29 is 9.59 Å². The molecule has 0 atom stereocenters. The Labute approximate surface area is 226 Å². The topological polar surface area (TPSA) is 49.7 Å². The zero-order valence-corrected chi connectivity index (χ0v) is 22.0. The Hall–Kier alpha value is -3.41. The van der Waals surface area contributed by atoms with Gasteiger partial charge in [0.05, 0.1) is 4.91 Å². The van der Waals surface area contributed by atoms with E-state index in [1.54, 1.807) is 0 Å². The number of allylic oxidation sites excluding steroid dienone is 3. The molecular weight excluding hydrogens is 500 g/mol. The zero-order valence-electron chi connectivity index (χ0n) is 20.4. The van der Waals surface area contributed by atoms with E-state index in [0.29, 0.717) is 15.5 Å². The van der Waals surface area contributed by atoms with E-state index in [1.165, 1.54) is 18.2 Å². The van der Waals surface area contributed by atoms with Gasteiger partial charge >= 0.3 is 0 Å². The van der Waals surface area contributed by atoms with Crippen molar-refractivity contribution in [3.63, 3.8) is 0 Å². The molecule has 0 radical (unpaired) electrons. The molecule has 0 bridgehead atoms. The molecular formula is C31H27ClN2O2S. The summed E-state index contributed by atoms with van der Waals surface area (Å²) in [6.07, 6.45) is 5.60. The van der Waals surface area contributed by atoms with Gasteiger partial charge in [-0.05, 0) is 65.9 Å². The van der Waals surface area contributed by atoms with E-state index in [-0.39, 0.29) is 18.1 Å². The molecule has 0 spiro atoms. The summed E-state index contributed by atoms with van der Waals surface area (Å²) in [4.78, 5) is 33.8. The summed E-state index contributed by atoms with van der Waals surface area (Å²) < 4.78 is 0. The van der Waals surface area contributed by atoms with E-state index in [2.05, 4.69) is 9.89 Å². The van der Waals surface area contributed by atoms with Crippen molar-refractivity contribution in [2.45, 2.75) is 25.7 Å². The van der Waals surface area contributed by atoms with E-state index in [4.69, 9.17) is 11.6 Å². The van der Waals surface area contributed by atoms with Gasteiger partial charge in [-0.15, -0.1) is 0 Å². The molecule has 2 aliphatic heterocycles. The minimum absolute atomic E-state index is 0.00914. The van der Waals surface area contributed by atoms with Crippen LogP contribution in [-0.4, -0.2) is 34.8 Å². The Morgan fingerprint density at radius 3 is 2.11 bits per heavy atom. The van der Waals surface area contributed by atoms with Crippen molar-refractivity contribution in [1.82, 2.24) is 4.90 Å². The van der Waals surface area contributed by atoms with Crippen LogP contribution in [0, 0.1) is 0 Å². The summed E-state index contributed by atoms with van der Waals surface area (Å²) in [5.74, 6) is -0.222. The molecule has 0 aromatic heterocycles. The number of carbonyl (C=O) groups is 2. The molecule has 0 N–H and O–H groups in total. The van der Waals surface area contributed by atoms with Crippen molar-refractivity contribution in [1.29, 1.82) is 0 Å². The van der Waals surface area contributed by atoms with Gasteiger partial charge in [-0.1, -0.05) is 84.4 Å². The van der Waals surface area contributed by atoms with Crippen LogP contribution in [0.5, 0.6) is 0 Å². The number of piperidine rings is 1. The second-order valence-corrected chi connectivity index (χ2v) is 10.5. The van der Waals surface area contributed by atoms with Gasteiger partial charge in [-0.25, -0.2) is 0 Å². The number of benzene rings is 3. The maximum Gasteiger partial charge on any atom is 0.286 e. The van der Waals surface area contributed by atoms with Gasteiger partial charge in [0.1, 0.15) is 0 Å². The first kappa shape index (κ1) is 25.2. The monoisotopic (exact) mass is 526 g/mol. The molecule has 3 aromatic carbocycles. The molecule has 0 saturated carbocycles. The van der Waals surface area contributed by atoms with Crippen LogP contribution in [0.1, 0.15) is 47.2 Å². The summed E-state index contributed by atoms with van der Waals surface area (Å²) in [6.45, 7) is 1.84. The van der Waals surface area contributed by atoms with Crippen LogP contribution >= 0.6 is 23.4 Å². The number of carbonyl (C=O) groups excluding carboxylic acids is 2. The van der Waals surface area contributed by atoms with Crippen LogP contribution in [0.15, 0.2) is 101 Å². The van der Waals surface area contributed by atoms with Gasteiger partial charge in [-0.2, -0.15) is 4.99 Å². The lowest BCUT2D eigenvalue weighted by Gasteiger charge is -2.27. The van der Waals surface area contributed by atoms with Crippen LogP contribution in [-0.2, 0) is 4.79 Å². The fourth-order valence-corrected chi connectivity index (χ4v) is 5.73. The molecule has 3 aromatic rings. The molecule has 37 heavy (non-hydrogen) atoms. The summed E-state index contributed by atoms with van der Waals surface area (Å²) in [6, 6.07) is 26.6. The quantitative estimate of drug-likeness (QED) is 0.246. The largest absolute Gasteiger partial charge is 0.351 e. The van der Waals surface area contributed by atoms with Crippen molar-refractivity contribution >= 4 is 51.4 Å². The molecule has 1 amide bonds. The fraction of sp³-hybridized carbons (Fsp3) is 0.194. The molecule has 4 nitrogen and oxygen atoms in total. The minimum atomic E-state index is -0.231. The summed E-state index contributed by atoms with van der Waals surface area (Å²) in [5.41, 5.74) is 4.04. The first-order chi connectivity index (χ1) is 18.1. The summed E-state index contributed by atoms with van der Waals surface area (Å²) >= 11 is 7.61. The smallest absolute Gasteiger partial charge is 0.286 e. The van der Waals surface area contributed by atoms with Gasteiger partial charge in [-0.3, -0.25) is 9.59 Å². The third-order valence-electron chi connectivity index (χ3n) is 6.52. The zero-order chi connectivity index (χ0) is 25.6. The molecule has 0 aliphatic carbocycles. The van der Waals surface area contributed by atoms with E-state index >= 15 is 0 Å². The average molecular weight is 527 g/mol. The molecule has 2 aliphatic rings. The number of Topliss-reactive ketones (excluding diaryl/α,β-unsaturated/α-hetero) is 1. The lowest BCUT2D eigenvalue weighted by atomic mass is 9.93. The Morgan fingerprint density at radius 1 is 0.838 bits per heavy atom. The van der Waals surface area contributed by atoms with E-state index < -0.39 is 0 Å². The first-order valence-electron chi connectivity index (χ1n) is 12.5. The number of aliphatic imine (C=N–C) groups is 1. The number of nitrogens with zero attached hydrogens (tertiary/aromatic N) is 2. The SMILES string of the molecule is O=C1N=C(N2CCCCC2)SC1=C(C=C(CC(=O)c1ccccc1)c1ccc(Cl)cc1)c1ccccc1. The highest BCUT2D eigenvalue weighted by Gasteiger charge is 2.30. The summed E-state index contributed by atoms with van der Waals surface area (Å²) in [5, 5.41) is 1.40. The number of amides is 1. The molecule has 0 unspecified atom stereocenters. The number of thioether (sulfide) groups is 1.